The van der Waals surface area contributed by atoms with E-state index in [0.717, 1.165) is 11.8 Å². The Morgan fingerprint density at radius 3 is 1.44 bits per heavy atom. The Kier molecular flexibility index (Phi) is 4.93. The van der Waals surface area contributed by atoms with Gasteiger partial charge in [0.2, 0.25) is 0 Å². The molecule has 1 fully saturated rings. The molecule has 1 heteroatoms. The van der Waals surface area contributed by atoms with Crippen LogP contribution in [0.2, 0.25) is 6.82 Å². The van der Waals surface area contributed by atoms with Gasteiger partial charge in [-0.05, 0) is 11.8 Å². The van der Waals surface area contributed by atoms with E-state index in [1.807, 2.05) is 0 Å². The highest BCUT2D eigenvalue weighted by Gasteiger charge is 2.17. The van der Waals surface area contributed by atoms with Crippen molar-refractivity contribution < 1.29 is 0 Å². The lowest BCUT2D eigenvalue weighted by molar-refractivity contribution is 0.457. The van der Waals surface area contributed by atoms with Crippen molar-refractivity contribution in [2.24, 2.45) is 11.8 Å². The molecule has 0 aromatic heterocycles. The smallest absolute Gasteiger partial charge is 0.0606 e. The van der Waals surface area contributed by atoms with Gasteiger partial charge in [-0.15, -0.1) is 0 Å². The second kappa shape index (κ2) is 4.90. The second-order valence-corrected chi connectivity index (χ2v) is 2.89. The number of hydrogen-bond acceptors (Lipinski definition) is 0. The summed E-state index contributed by atoms with van der Waals surface area (Å²) in [5, 5.41) is 0. The van der Waals surface area contributed by atoms with Crippen molar-refractivity contribution in [1.82, 2.24) is 0 Å². The second-order valence-electron chi connectivity index (χ2n) is 2.89. The molecule has 0 aromatic carbocycles. The Hall–Kier alpha value is 0.0649. The molecule has 1 saturated carbocycles. The summed E-state index contributed by atoms with van der Waals surface area (Å²) in [7, 11) is 4.50. The van der Waals surface area contributed by atoms with E-state index in [9.17, 15) is 0 Å². The van der Waals surface area contributed by atoms with Gasteiger partial charge in [0.1, 0.15) is 0 Å². The minimum absolute atomic E-state index is 1.01. The molecule has 0 aromatic rings. The zero-order valence-corrected chi connectivity index (χ0v) is 6.85. The lowest BCUT2D eigenvalue weighted by Gasteiger charge is -2.05. The third-order valence-electron chi connectivity index (χ3n) is 2.29. The van der Waals surface area contributed by atoms with Crippen LogP contribution in [0.15, 0.2) is 0 Å². The van der Waals surface area contributed by atoms with E-state index in [1.54, 1.807) is 0 Å². The summed E-state index contributed by atoms with van der Waals surface area (Å²) in [6.45, 7) is 6.22. The fraction of sp³-hybridized carbons (Fsp3) is 1.00. The third kappa shape index (κ3) is 2.93. The average molecular weight is 124 g/mol. The molecular formula is C8H17B. The van der Waals surface area contributed by atoms with Crippen LogP contribution in [0, 0.1) is 11.8 Å². The van der Waals surface area contributed by atoms with Crippen molar-refractivity contribution in [3.8, 4) is 0 Å². The van der Waals surface area contributed by atoms with Crippen LogP contribution in [0.4, 0.5) is 0 Å². The Morgan fingerprint density at radius 1 is 1.00 bits per heavy atom. The van der Waals surface area contributed by atoms with E-state index in [2.05, 4.69) is 21.7 Å². The highest BCUT2D eigenvalue weighted by atomic mass is 14.2. The molecule has 9 heavy (non-hydrogen) atoms. The molecule has 0 N–H and O–H groups in total. The normalized spacial score (nSPS) is 33.2. The lowest BCUT2D eigenvalue weighted by Crippen LogP contribution is -1.95. The molecule has 1 aliphatic carbocycles. The van der Waals surface area contributed by atoms with Crippen LogP contribution in [0.25, 0.3) is 0 Å². The predicted octanol–water partition coefficient (Wildman–Crippen LogP) is 2.65. The van der Waals surface area contributed by atoms with Crippen molar-refractivity contribution >= 4 is 7.85 Å². The maximum Gasteiger partial charge on any atom is 0.0606 e. The van der Waals surface area contributed by atoms with Gasteiger partial charge in [0.25, 0.3) is 0 Å². The van der Waals surface area contributed by atoms with Crippen LogP contribution in [0.5, 0.6) is 0 Å². The van der Waals surface area contributed by atoms with Crippen molar-refractivity contribution in [3.05, 3.63) is 0 Å². The van der Waals surface area contributed by atoms with Crippen LogP contribution in [0.3, 0.4) is 0 Å². The zero-order chi connectivity index (χ0) is 7.28. The monoisotopic (exact) mass is 124 g/mol. The van der Waals surface area contributed by atoms with Crippen LogP contribution < -0.4 is 0 Å². The van der Waals surface area contributed by atoms with E-state index >= 15 is 0 Å². The quantitative estimate of drug-likeness (QED) is 0.435. The molecule has 2 unspecified atom stereocenters. The van der Waals surface area contributed by atoms with E-state index in [1.165, 1.54) is 26.1 Å². The maximum absolute atomic E-state index is 4.50. The van der Waals surface area contributed by atoms with E-state index in [0.29, 0.717) is 0 Å². The molecule has 1 aliphatic rings. The summed E-state index contributed by atoms with van der Waals surface area (Å²) in [6.07, 6.45) is 4.42. The molecule has 2 radical (unpaired) electrons. The molecular weight excluding hydrogens is 107 g/mol. The van der Waals surface area contributed by atoms with Gasteiger partial charge in [0, 0.05) is 0 Å². The van der Waals surface area contributed by atoms with Gasteiger partial charge in [-0.1, -0.05) is 39.9 Å². The maximum atomic E-state index is 4.50. The standard InChI is InChI=1S/C7H14.CH3B/c1-6-4-3-5-7(6)2;1-2/h6-7H,3-5H2,1-2H3;1H3. The largest absolute Gasteiger partial charge is 0.0999 e. The van der Waals surface area contributed by atoms with Gasteiger partial charge in [-0.2, -0.15) is 0 Å². The lowest BCUT2D eigenvalue weighted by atomic mass is 10.0. The molecule has 0 saturated heterocycles. The Labute approximate surface area is 60.4 Å². The molecule has 1 rings (SSSR count). The fourth-order valence-corrected chi connectivity index (χ4v) is 1.33. The average Bonchev–Trinajstić information content (AvgIpc) is 2.23. The molecule has 0 aliphatic heterocycles. The van der Waals surface area contributed by atoms with Gasteiger partial charge in [0.15, 0.2) is 0 Å². The van der Waals surface area contributed by atoms with Gasteiger partial charge < -0.3 is 0 Å². The summed E-state index contributed by atoms with van der Waals surface area (Å²) in [6, 6.07) is 0. The first-order valence-corrected chi connectivity index (χ1v) is 3.88. The fourth-order valence-electron chi connectivity index (χ4n) is 1.33. The Bertz CT molecular complexity index is 53.6. The summed E-state index contributed by atoms with van der Waals surface area (Å²) in [5.41, 5.74) is 0. The van der Waals surface area contributed by atoms with Crippen molar-refractivity contribution in [2.75, 3.05) is 0 Å². The molecule has 52 valence electrons. The number of rotatable bonds is 0. The van der Waals surface area contributed by atoms with Crippen molar-refractivity contribution in [2.45, 2.75) is 39.9 Å². The molecule has 0 nitrogen and oxygen atoms in total. The first kappa shape index (κ1) is 9.06. The summed E-state index contributed by atoms with van der Waals surface area (Å²) < 4.78 is 0. The van der Waals surface area contributed by atoms with Gasteiger partial charge in [0.05, 0.1) is 7.85 Å². The van der Waals surface area contributed by atoms with Crippen molar-refractivity contribution in [3.63, 3.8) is 0 Å². The van der Waals surface area contributed by atoms with Crippen LogP contribution in [0.1, 0.15) is 33.1 Å². The van der Waals surface area contributed by atoms with Crippen molar-refractivity contribution in [1.29, 1.82) is 0 Å². The van der Waals surface area contributed by atoms with E-state index in [-0.39, 0.29) is 0 Å². The van der Waals surface area contributed by atoms with Gasteiger partial charge >= 0.3 is 0 Å². The minimum Gasteiger partial charge on any atom is -0.0999 e. The zero-order valence-electron chi connectivity index (χ0n) is 6.85. The highest BCUT2D eigenvalue weighted by Crippen LogP contribution is 2.29. The van der Waals surface area contributed by atoms with E-state index in [4.69, 9.17) is 0 Å². The first-order valence-electron chi connectivity index (χ1n) is 3.88. The van der Waals surface area contributed by atoms with Gasteiger partial charge in [-0.25, -0.2) is 0 Å². The number of hydrogen-bond donors (Lipinski definition) is 0. The van der Waals surface area contributed by atoms with Gasteiger partial charge in [-0.3, -0.25) is 0 Å². The predicted molar refractivity (Wildman–Crippen MR) is 43.8 cm³/mol. The van der Waals surface area contributed by atoms with Crippen LogP contribution in [-0.4, -0.2) is 7.85 Å². The highest BCUT2D eigenvalue weighted by molar-refractivity contribution is 6.05. The topological polar surface area (TPSA) is 0 Å². The molecule has 0 bridgehead atoms. The third-order valence-corrected chi connectivity index (χ3v) is 2.29. The summed E-state index contributed by atoms with van der Waals surface area (Å²) in [4.78, 5) is 0. The summed E-state index contributed by atoms with van der Waals surface area (Å²) >= 11 is 0. The van der Waals surface area contributed by atoms with Crippen LogP contribution >= 0.6 is 0 Å². The van der Waals surface area contributed by atoms with E-state index < -0.39 is 0 Å². The Balaban J connectivity index is 0.000000291. The molecule has 2 atom stereocenters. The minimum atomic E-state index is 1.01. The first-order chi connectivity index (χ1) is 4.30. The molecule has 0 spiro atoms. The molecule has 0 amide bonds. The molecule has 0 heterocycles. The Morgan fingerprint density at radius 2 is 1.33 bits per heavy atom. The summed E-state index contributed by atoms with van der Waals surface area (Å²) in [5.74, 6) is 2.03. The SMILES string of the molecule is CC1CCCC1C.[B]C. The van der Waals surface area contributed by atoms with Crippen LogP contribution in [-0.2, 0) is 0 Å².